The van der Waals surface area contributed by atoms with Gasteiger partial charge in [0.25, 0.3) is 0 Å². The van der Waals surface area contributed by atoms with Crippen LogP contribution in [0, 0.1) is 0 Å². The molecule has 0 bridgehead atoms. The van der Waals surface area contributed by atoms with E-state index in [0.29, 0.717) is 0 Å². The minimum absolute atomic E-state index is 0.373. The van der Waals surface area contributed by atoms with Gasteiger partial charge in [-0.05, 0) is 32.2 Å². The molecule has 13 heavy (non-hydrogen) atoms. The van der Waals surface area contributed by atoms with E-state index < -0.39 is 5.60 Å². The van der Waals surface area contributed by atoms with E-state index >= 15 is 0 Å². The van der Waals surface area contributed by atoms with Gasteiger partial charge in [0, 0.05) is 6.08 Å². The maximum atomic E-state index is 10.5. The van der Waals surface area contributed by atoms with E-state index in [1.165, 1.54) is 0 Å². The standard InChI is InChI=1S/C7H12O2.C3H5Br/c1-5-6(8)9-7(2,3)4;1-3(2)4/h5H,1H2,2-4H3;1H2,2H3. The predicted octanol–water partition coefficient (Wildman–Crippen LogP) is 3.43. The number of halogens is 1. The van der Waals surface area contributed by atoms with E-state index in [9.17, 15) is 4.79 Å². The van der Waals surface area contributed by atoms with Crippen molar-refractivity contribution in [3.63, 3.8) is 0 Å². The van der Waals surface area contributed by atoms with Crippen LogP contribution >= 0.6 is 15.9 Å². The van der Waals surface area contributed by atoms with Crippen molar-refractivity contribution < 1.29 is 9.53 Å². The zero-order valence-electron chi connectivity index (χ0n) is 8.69. The predicted molar refractivity (Wildman–Crippen MR) is 59.8 cm³/mol. The van der Waals surface area contributed by atoms with Crippen molar-refractivity contribution in [3.05, 3.63) is 23.7 Å². The summed E-state index contributed by atoms with van der Waals surface area (Å²) in [5, 5.41) is 0. The van der Waals surface area contributed by atoms with E-state index in [4.69, 9.17) is 4.74 Å². The Morgan fingerprint density at radius 1 is 1.46 bits per heavy atom. The normalized spacial score (nSPS) is 9.31. The van der Waals surface area contributed by atoms with Gasteiger partial charge in [0.2, 0.25) is 0 Å². The van der Waals surface area contributed by atoms with Crippen molar-refractivity contribution in [2.24, 2.45) is 0 Å². The summed E-state index contributed by atoms with van der Waals surface area (Å²) in [5.74, 6) is -0.373. The molecular weight excluding hydrogens is 232 g/mol. The van der Waals surface area contributed by atoms with Crippen LogP contribution in [0.4, 0.5) is 0 Å². The molecule has 0 saturated carbocycles. The van der Waals surface area contributed by atoms with Crippen molar-refractivity contribution in [2.75, 3.05) is 0 Å². The number of carbonyl (C=O) groups excluding carboxylic acids is 1. The van der Waals surface area contributed by atoms with Crippen molar-refractivity contribution in [1.29, 1.82) is 0 Å². The Morgan fingerprint density at radius 3 is 1.85 bits per heavy atom. The maximum absolute atomic E-state index is 10.5. The molecule has 3 heteroatoms. The zero-order valence-corrected chi connectivity index (χ0v) is 10.3. The molecule has 0 heterocycles. The smallest absolute Gasteiger partial charge is 0.330 e. The minimum Gasteiger partial charge on any atom is -0.457 e. The van der Waals surface area contributed by atoms with Crippen LogP contribution in [0.25, 0.3) is 0 Å². The fourth-order valence-electron chi connectivity index (χ4n) is 0.343. The first-order valence-electron chi connectivity index (χ1n) is 3.85. The highest BCUT2D eigenvalue weighted by molar-refractivity contribution is 9.11. The lowest BCUT2D eigenvalue weighted by Gasteiger charge is -2.17. The topological polar surface area (TPSA) is 26.3 Å². The van der Waals surface area contributed by atoms with Crippen molar-refractivity contribution in [3.8, 4) is 0 Å². The highest BCUT2D eigenvalue weighted by Crippen LogP contribution is 2.06. The van der Waals surface area contributed by atoms with Crippen LogP contribution in [0.3, 0.4) is 0 Å². The van der Waals surface area contributed by atoms with Gasteiger partial charge < -0.3 is 4.74 Å². The minimum atomic E-state index is -0.398. The van der Waals surface area contributed by atoms with Crippen LogP contribution in [-0.2, 0) is 9.53 Å². The van der Waals surface area contributed by atoms with E-state index in [0.717, 1.165) is 10.6 Å². The lowest BCUT2D eigenvalue weighted by Crippen LogP contribution is -2.22. The van der Waals surface area contributed by atoms with Gasteiger partial charge >= 0.3 is 5.97 Å². The van der Waals surface area contributed by atoms with Gasteiger partial charge in [-0.2, -0.15) is 0 Å². The molecule has 0 amide bonds. The summed E-state index contributed by atoms with van der Waals surface area (Å²) in [4.78, 5) is 10.5. The number of ether oxygens (including phenoxy) is 1. The number of hydrogen-bond donors (Lipinski definition) is 0. The summed E-state index contributed by atoms with van der Waals surface area (Å²) in [6, 6.07) is 0. The first-order chi connectivity index (χ1) is 5.69. The number of hydrogen-bond acceptors (Lipinski definition) is 2. The van der Waals surface area contributed by atoms with E-state index in [1.807, 2.05) is 27.7 Å². The summed E-state index contributed by atoms with van der Waals surface area (Å²) in [6.45, 7) is 14.1. The van der Waals surface area contributed by atoms with E-state index in [1.54, 1.807) is 0 Å². The Labute approximate surface area is 88.8 Å². The van der Waals surface area contributed by atoms with E-state index in [2.05, 4.69) is 29.1 Å². The number of esters is 1. The molecule has 76 valence electrons. The Morgan fingerprint density at radius 2 is 1.77 bits per heavy atom. The molecule has 0 spiro atoms. The van der Waals surface area contributed by atoms with Gasteiger partial charge in [-0.25, -0.2) is 4.79 Å². The Bertz CT molecular complexity index is 186. The molecule has 0 aliphatic carbocycles. The molecule has 0 aromatic carbocycles. The number of rotatable bonds is 1. The van der Waals surface area contributed by atoms with Gasteiger partial charge in [0.1, 0.15) is 5.60 Å². The molecular formula is C10H17BrO2. The fraction of sp³-hybridized carbons (Fsp3) is 0.500. The molecule has 0 aliphatic heterocycles. The van der Waals surface area contributed by atoms with Gasteiger partial charge in [-0.3, -0.25) is 0 Å². The molecule has 0 fully saturated rings. The van der Waals surface area contributed by atoms with Crippen LogP contribution in [-0.4, -0.2) is 11.6 Å². The second-order valence-electron chi connectivity index (χ2n) is 3.41. The third-order valence-electron chi connectivity index (χ3n) is 0.573. The lowest BCUT2D eigenvalue weighted by atomic mass is 10.2. The molecule has 0 saturated heterocycles. The third-order valence-corrected chi connectivity index (χ3v) is 0.573. The summed E-state index contributed by atoms with van der Waals surface area (Å²) < 4.78 is 5.81. The Hall–Kier alpha value is -0.570. The van der Waals surface area contributed by atoms with Crippen molar-refractivity contribution in [1.82, 2.24) is 0 Å². The highest BCUT2D eigenvalue weighted by Gasteiger charge is 2.12. The average Bonchev–Trinajstić information content (AvgIpc) is 1.82. The molecule has 0 rings (SSSR count). The quantitative estimate of drug-likeness (QED) is 0.525. The van der Waals surface area contributed by atoms with Crippen LogP contribution in [0.5, 0.6) is 0 Å². The summed E-state index contributed by atoms with van der Waals surface area (Å²) in [6.07, 6.45) is 1.16. The van der Waals surface area contributed by atoms with Crippen LogP contribution in [0.1, 0.15) is 27.7 Å². The lowest BCUT2D eigenvalue weighted by molar-refractivity contribution is -0.148. The second-order valence-corrected chi connectivity index (χ2v) is 4.77. The number of carbonyl (C=O) groups is 1. The Kier molecular flexibility index (Phi) is 7.92. The van der Waals surface area contributed by atoms with Crippen LogP contribution in [0.15, 0.2) is 23.7 Å². The first-order valence-corrected chi connectivity index (χ1v) is 4.64. The van der Waals surface area contributed by atoms with Crippen LogP contribution in [0.2, 0.25) is 0 Å². The molecule has 0 atom stereocenters. The highest BCUT2D eigenvalue weighted by atomic mass is 79.9. The van der Waals surface area contributed by atoms with Gasteiger partial charge in [0.15, 0.2) is 0 Å². The van der Waals surface area contributed by atoms with E-state index in [-0.39, 0.29) is 5.97 Å². The Balaban J connectivity index is 0. The summed E-state index contributed by atoms with van der Waals surface area (Å²) in [5.41, 5.74) is -0.398. The molecule has 0 unspecified atom stereocenters. The summed E-state index contributed by atoms with van der Waals surface area (Å²) >= 11 is 3.08. The zero-order chi connectivity index (χ0) is 11.1. The monoisotopic (exact) mass is 248 g/mol. The molecule has 0 aromatic heterocycles. The van der Waals surface area contributed by atoms with Gasteiger partial charge in [-0.15, -0.1) is 0 Å². The molecule has 0 radical (unpaired) electrons. The van der Waals surface area contributed by atoms with Crippen LogP contribution < -0.4 is 0 Å². The summed E-state index contributed by atoms with van der Waals surface area (Å²) in [7, 11) is 0. The molecule has 0 N–H and O–H groups in total. The third kappa shape index (κ3) is 24.6. The first kappa shape index (κ1) is 14.9. The van der Waals surface area contributed by atoms with Crippen molar-refractivity contribution in [2.45, 2.75) is 33.3 Å². The number of allylic oxidation sites excluding steroid dienone is 1. The molecule has 0 aliphatic rings. The largest absolute Gasteiger partial charge is 0.457 e. The SMILES string of the molecule is C=C(C)Br.C=CC(=O)OC(C)(C)C. The average molecular weight is 249 g/mol. The molecule has 2 nitrogen and oxygen atoms in total. The van der Waals surface area contributed by atoms with Gasteiger partial charge in [-0.1, -0.05) is 29.1 Å². The second kappa shape index (κ2) is 6.89. The fourth-order valence-corrected chi connectivity index (χ4v) is 0.343. The molecule has 0 aromatic rings. The van der Waals surface area contributed by atoms with Crippen molar-refractivity contribution >= 4 is 21.9 Å². The van der Waals surface area contributed by atoms with Gasteiger partial charge in [0.05, 0.1) is 0 Å². The maximum Gasteiger partial charge on any atom is 0.330 e.